The lowest BCUT2D eigenvalue weighted by Crippen LogP contribution is -2.31. The average molecular weight is 333 g/mol. The number of anilines is 1. The smallest absolute Gasteiger partial charge is 0.269 e. The highest BCUT2D eigenvalue weighted by Crippen LogP contribution is 2.18. The Hall–Kier alpha value is -2.48. The maximum atomic E-state index is 10.6. The summed E-state index contributed by atoms with van der Waals surface area (Å²) in [4.78, 5) is 10.2. The lowest BCUT2D eigenvalue weighted by molar-refractivity contribution is -0.384. The zero-order chi connectivity index (χ0) is 17.0. The molecule has 0 fully saturated rings. The van der Waals surface area contributed by atoms with Crippen LogP contribution < -0.4 is 10.6 Å². The van der Waals surface area contributed by atoms with E-state index in [1.54, 1.807) is 12.1 Å². The lowest BCUT2D eigenvalue weighted by atomic mass is 10.1. The number of nitrogens with one attached hydrogen (secondary N) is 2. The van der Waals surface area contributed by atoms with Crippen LogP contribution >= 0.6 is 12.2 Å². The molecule has 0 spiro atoms. The van der Waals surface area contributed by atoms with Crippen molar-refractivity contribution in [1.82, 2.24) is 15.1 Å². The summed E-state index contributed by atoms with van der Waals surface area (Å²) in [5, 5.41) is 21.7. The van der Waals surface area contributed by atoms with E-state index in [4.69, 9.17) is 12.2 Å². The average Bonchev–Trinajstić information content (AvgIpc) is 2.89. The van der Waals surface area contributed by atoms with Crippen LogP contribution in [0.15, 0.2) is 30.5 Å². The van der Waals surface area contributed by atoms with Gasteiger partial charge in [-0.25, -0.2) is 0 Å². The van der Waals surface area contributed by atoms with Crippen molar-refractivity contribution in [2.45, 2.75) is 33.4 Å². The van der Waals surface area contributed by atoms with Gasteiger partial charge in [0.05, 0.1) is 16.7 Å². The molecular formula is C15H19N5O2S. The molecule has 8 heteroatoms. The Balaban J connectivity index is 1.98. The molecule has 1 aromatic heterocycles. The summed E-state index contributed by atoms with van der Waals surface area (Å²) in [5.74, 6) is 0. The molecular weight excluding hydrogens is 314 g/mol. The van der Waals surface area contributed by atoms with Gasteiger partial charge in [0.2, 0.25) is 0 Å². The Kier molecular flexibility index (Phi) is 5.28. The second-order valence-electron chi connectivity index (χ2n) is 5.15. The van der Waals surface area contributed by atoms with Crippen molar-refractivity contribution >= 4 is 28.7 Å². The minimum absolute atomic E-state index is 0.00773. The third-order valence-electron chi connectivity index (χ3n) is 3.46. The van der Waals surface area contributed by atoms with Crippen LogP contribution in [-0.2, 0) is 6.54 Å². The second kappa shape index (κ2) is 7.19. The monoisotopic (exact) mass is 333 g/mol. The van der Waals surface area contributed by atoms with Crippen LogP contribution in [0.5, 0.6) is 0 Å². The van der Waals surface area contributed by atoms with E-state index < -0.39 is 4.92 Å². The highest BCUT2D eigenvalue weighted by atomic mass is 32.1. The molecule has 0 amide bonds. The van der Waals surface area contributed by atoms with Gasteiger partial charge in [-0.3, -0.25) is 14.8 Å². The molecule has 2 rings (SSSR count). The first-order chi connectivity index (χ1) is 10.9. The van der Waals surface area contributed by atoms with E-state index in [0.29, 0.717) is 10.8 Å². The molecule has 1 atom stereocenters. The normalized spacial score (nSPS) is 11.8. The minimum Gasteiger partial charge on any atom is -0.356 e. The predicted molar refractivity (Wildman–Crippen MR) is 93.5 cm³/mol. The van der Waals surface area contributed by atoms with E-state index in [1.165, 1.54) is 12.1 Å². The highest BCUT2D eigenvalue weighted by Gasteiger charge is 2.13. The highest BCUT2D eigenvalue weighted by molar-refractivity contribution is 7.80. The molecule has 0 saturated carbocycles. The molecule has 2 N–H and O–H groups in total. The number of nitrogens with zero attached hydrogens (tertiary/aromatic N) is 3. The third-order valence-corrected chi connectivity index (χ3v) is 3.68. The summed E-state index contributed by atoms with van der Waals surface area (Å²) in [5.41, 5.74) is 2.79. The fourth-order valence-corrected chi connectivity index (χ4v) is 2.52. The summed E-state index contributed by atoms with van der Waals surface area (Å²) in [6.45, 7) is 6.83. The molecule has 0 bridgehead atoms. The number of benzene rings is 1. The molecule has 0 radical (unpaired) electrons. The maximum Gasteiger partial charge on any atom is 0.269 e. The van der Waals surface area contributed by atoms with Gasteiger partial charge >= 0.3 is 0 Å². The first-order valence-electron chi connectivity index (χ1n) is 7.26. The zero-order valence-corrected chi connectivity index (χ0v) is 14.1. The summed E-state index contributed by atoms with van der Waals surface area (Å²) in [7, 11) is 0. The van der Waals surface area contributed by atoms with Gasteiger partial charge in [-0.2, -0.15) is 5.10 Å². The van der Waals surface area contributed by atoms with Gasteiger partial charge in [-0.05, 0) is 45.1 Å². The van der Waals surface area contributed by atoms with Gasteiger partial charge in [0.15, 0.2) is 5.11 Å². The molecule has 23 heavy (non-hydrogen) atoms. The Morgan fingerprint density at radius 3 is 2.61 bits per heavy atom. The number of hydrogen-bond acceptors (Lipinski definition) is 4. The number of hydrogen-bond donors (Lipinski definition) is 2. The minimum atomic E-state index is -0.434. The summed E-state index contributed by atoms with van der Waals surface area (Å²) >= 11 is 5.29. The molecule has 0 saturated heterocycles. The SMILES string of the molecule is CCn1cc(C(C)NC(=S)Nc2ccc([N+](=O)[O-])cc2)c(C)n1. The van der Waals surface area contributed by atoms with E-state index in [9.17, 15) is 10.1 Å². The van der Waals surface area contributed by atoms with Crippen molar-refractivity contribution in [2.75, 3.05) is 5.32 Å². The number of non-ortho nitro benzene ring substituents is 1. The van der Waals surface area contributed by atoms with Crippen molar-refractivity contribution in [3.63, 3.8) is 0 Å². The molecule has 2 aromatic rings. The van der Waals surface area contributed by atoms with Gasteiger partial charge in [0, 0.05) is 36.1 Å². The van der Waals surface area contributed by atoms with Crippen LogP contribution in [0.4, 0.5) is 11.4 Å². The standard InChI is InChI=1S/C15H19N5O2S/c1-4-19-9-14(11(3)18-19)10(2)16-15(23)17-12-5-7-13(8-6-12)20(21)22/h5-10H,4H2,1-3H3,(H2,16,17,23). The van der Waals surface area contributed by atoms with Crippen molar-refractivity contribution in [3.8, 4) is 0 Å². The van der Waals surface area contributed by atoms with Crippen LogP contribution in [0.2, 0.25) is 0 Å². The molecule has 122 valence electrons. The molecule has 1 heterocycles. The van der Waals surface area contributed by atoms with Gasteiger partial charge in [0.1, 0.15) is 0 Å². The Morgan fingerprint density at radius 2 is 2.09 bits per heavy atom. The largest absolute Gasteiger partial charge is 0.356 e. The van der Waals surface area contributed by atoms with Gasteiger partial charge in [0.25, 0.3) is 5.69 Å². The fourth-order valence-electron chi connectivity index (χ4n) is 2.23. The number of aryl methyl sites for hydroxylation is 2. The quantitative estimate of drug-likeness (QED) is 0.497. The molecule has 7 nitrogen and oxygen atoms in total. The summed E-state index contributed by atoms with van der Waals surface area (Å²) in [6, 6.07) is 6.12. The van der Waals surface area contributed by atoms with Crippen molar-refractivity contribution < 1.29 is 4.92 Å². The van der Waals surface area contributed by atoms with Crippen molar-refractivity contribution in [3.05, 3.63) is 51.8 Å². The molecule has 1 unspecified atom stereocenters. The maximum absolute atomic E-state index is 10.6. The Morgan fingerprint density at radius 1 is 1.43 bits per heavy atom. The van der Waals surface area contributed by atoms with Crippen LogP contribution in [0, 0.1) is 17.0 Å². The Labute approximate surface area is 139 Å². The number of nitro benzene ring substituents is 1. The van der Waals surface area contributed by atoms with Crippen LogP contribution in [0.25, 0.3) is 0 Å². The summed E-state index contributed by atoms with van der Waals surface area (Å²) < 4.78 is 1.88. The lowest BCUT2D eigenvalue weighted by Gasteiger charge is -2.16. The molecule has 0 aliphatic heterocycles. The van der Waals surface area contributed by atoms with E-state index in [1.807, 2.05) is 31.6 Å². The number of rotatable bonds is 5. The topological polar surface area (TPSA) is 85.0 Å². The van der Waals surface area contributed by atoms with E-state index in [-0.39, 0.29) is 11.7 Å². The molecule has 0 aliphatic rings. The van der Waals surface area contributed by atoms with Crippen molar-refractivity contribution in [1.29, 1.82) is 0 Å². The summed E-state index contributed by atoms with van der Waals surface area (Å²) in [6.07, 6.45) is 2.00. The van der Waals surface area contributed by atoms with Crippen LogP contribution in [0.1, 0.15) is 31.1 Å². The first kappa shape index (κ1) is 16.9. The molecule has 0 aliphatic carbocycles. The van der Waals surface area contributed by atoms with Crippen LogP contribution in [-0.4, -0.2) is 19.8 Å². The zero-order valence-electron chi connectivity index (χ0n) is 13.2. The van der Waals surface area contributed by atoms with E-state index in [0.717, 1.165) is 17.8 Å². The van der Waals surface area contributed by atoms with Crippen molar-refractivity contribution in [2.24, 2.45) is 0 Å². The molecule has 1 aromatic carbocycles. The van der Waals surface area contributed by atoms with Gasteiger partial charge in [-0.15, -0.1) is 0 Å². The van der Waals surface area contributed by atoms with E-state index >= 15 is 0 Å². The van der Waals surface area contributed by atoms with Crippen LogP contribution in [0.3, 0.4) is 0 Å². The Bertz CT molecular complexity index is 711. The van der Waals surface area contributed by atoms with Gasteiger partial charge < -0.3 is 10.6 Å². The number of thiocarbonyl (C=S) groups is 1. The van der Waals surface area contributed by atoms with E-state index in [2.05, 4.69) is 15.7 Å². The second-order valence-corrected chi connectivity index (χ2v) is 5.56. The van der Waals surface area contributed by atoms with Gasteiger partial charge in [-0.1, -0.05) is 0 Å². The third kappa shape index (κ3) is 4.26. The first-order valence-corrected chi connectivity index (χ1v) is 7.67. The predicted octanol–water partition coefficient (Wildman–Crippen LogP) is 3.17. The number of aromatic nitrogens is 2. The fraction of sp³-hybridized carbons (Fsp3) is 0.333. The number of nitro groups is 1.